The highest BCUT2D eigenvalue weighted by Gasteiger charge is 2.19. The molecule has 0 aromatic heterocycles. The summed E-state index contributed by atoms with van der Waals surface area (Å²) in [7, 11) is 2.07. The van der Waals surface area contributed by atoms with Gasteiger partial charge in [-0.3, -0.25) is 4.79 Å². The number of nitrogens with one attached hydrogen (secondary N) is 1. The summed E-state index contributed by atoms with van der Waals surface area (Å²) < 4.78 is 5.03. The first-order valence-corrected chi connectivity index (χ1v) is 6.13. The van der Waals surface area contributed by atoms with E-state index in [0.29, 0.717) is 12.6 Å². The van der Waals surface area contributed by atoms with Gasteiger partial charge >= 0.3 is 5.97 Å². The van der Waals surface area contributed by atoms with Gasteiger partial charge in [-0.25, -0.2) is 0 Å². The Kier molecular flexibility index (Phi) is 8.21. The molecule has 0 amide bonds. The zero-order valence-corrected chi connectivity index (χ0v) is 11.2. The highest BCUT2D eigenvalue weighted by atomic mass is 16.5. The maximum atomic E-state index is 11.6. The second kappa shape index (κ2) is 8.53. The summed E-state index contributed by atoms with van der Waals surface area (Å²) in [6.07, 6.45) is 0.793. The predicted molar refractivity (Wildman–Crippen MR) is 66.5 cm³/mol. The van der Waals surface area contributed by atoms with Gasteiger partial charge in [0.05, 0.1) is 6.61 Å². The van der Waals surface area contributed by atoms with Crippen molar-refractivity contribution in [3.63, 3.8) is 0 Å². The molecule has 0 rings (SSSR count). The Morgan fingerprint density at radius 3 is 2.44 bits per heavy atom. The third-order valence-corrected chi connectivity index (χ3v) is 2.67. The number of hydrogen-bond donors (Lipinski definition) is 1. The van der Waals surface area contributed by atoms with Crippen LogP contribution >= 0.6 is 0 Å². The number of carbonyl (C=O) groups excluding carboxylic acids is 1. The standard InChI is InChI=1S/C12H26N2O2/c1-6-13-11(12(15)16-7-2)8-9-14(5)10(3)4/h10-11,13H,6-9H2,1-5H3. The van der Waals surface area contributed by atoms with Crippen LogP contribution in [0.4, 0.5) is 0 Å². The molecule has 0 aliphatic carbocycles. The van der Waals surface area contributed by atoms with Crippen LogP contribution in [0, 0.1) is 0 Å². The predicted octanol–water partition coefficient (Wildman–Crippen LogP) is 1.26. The maximum absolute atomic E-state index is 11.6. The van der Waals surface area contributed by atoms with E-state index in [1.54, 1.807) is 0 Å². The van der Waals surface area contributed by atoms with E-state index in [1.807, 2.05) is 13.8 Å². The summed E-state index contributed by atoms with van der Waals surface area (Å²) in [5, 5.41) is 3.16. The minimum Gasteiger partial charge on any atom is -0.465 e. The number of hydrogen-bond acceptors (Lipinski definition) is 4. The van der Waals surface area contributed by atoms with E-state index >= 15 is 0 Å². The fourth-order valence-corrected chi connectivity index (χ4v) is 1.38. The summed E-state index contributed by atoms with van der Waals surface area (Å²) in [5.74, 6) is -0.137. The zero-order chi connectivity index (χ0) is 12.6. The Morgan fingerprint density at radius 2 is 2.00 bits per heavy atom. The molecule has 96 valence electrons. The van der Waals surface area contributed by atoms with Crippen molar-refractivity contribution < 1.29 is 9.53 Å². The van der Waals surface area contributed by atoms with Crippen LogP contribution in [0.1, 0.15) is 34.1 Å². The normalized spacial score (nSPS) is 13.2. The second-order valence-corrected chi connectivity index (χ2v) is 4.23. The highest BCUT2D eigenvalue weighted by molar-refractivity contribution is 5.75. The van der Waals surface area contributed by atoms with Crippen LogP contribution in [-0.2, 0) is 9.53 Å². The number of likely N-dealkylation sites (N-methyl/N-ethyl adjacent to an activating group) is 1. The molecule has 4 nitrogen and oxygen atoms in total. The molecule has 0 aliphatic heterocycles. The average Bonchev–Trinajstić information content (AvgIpc) is 2.23. The molecule has 0 fully saturated rings. The number of esters is 1. The van der Waals surface area contributed by atoms with Crippen LogP contribution in [0.3, 0.4) is 0 Å². The van der Waals surface area contributed by atoms with Crippen LogP contribution in [0.2, 0.25) is 0 Å². The van der Waals surface area contributed by atoms with Crippen molar-refractivity contribution in [2.45, 2.75) is 46.2 Å². The first-order chi connectivity index (χ1) is 7.52. The second-order valence-electron chi connectivity index (χ2n) is 4.23. The number of ether oxygens (including phenoxy) is 1. The Labute approximate surface area is 99.3 Å². The lowest BCUT2D eigenvalue weighted by atomic mass is 10.2. The molecule has 0 spiro atoms. The molecule has 1 atom stereocenters. The van der Waals surface area contributed by atoms with E-state index in [4.69, 9.17) is 4.74 Å². The van der Waals surface area contributed by atoms with Crippen LogP contribution in [0.5, 0.6) is 0 Å². The molecule has 0 saturated carbocycles. The molecule has 0 saturated heterocycles. The molecule has 0 aromatic carbocycles. The van der Waals surface area contributed by atoms with Gasteiger partial charge in [0.2, 0.25) is 0 Å². The summed E-state index contributed by atoms with van der Waals surface area (Å²) in [5.41, 5.74) is 0. The molecule has 0 heterocycles. The van der Waals surface area contributed by atoms with Gasteiger partial charge in [-0.05, 0) is 40.8 Å². The van der Waals surface area contributed by atoms with Crippen molar-refractivity contribution >= 4 is 5.97 Å². The summed E-state index contributed by atoms with van der Waals surface area (Å²) in [4.78, 5) is 13.8. The van der Waals surface area contributed by atoms with Gasteiger partial charge in [-0.15, -0.1) is 0 Å². The van der Waals surface area contributed by atoms with E-state index in [0.717, 1.165) is 19.5 Å². The molecule has 4 heteroatoms. The van der Waals surface area contributed by atoms with Crippen molar-refractivity contribution in [2.24, 2.45) is 0 Å². The van der Waals surface area contributed by atoms with Gasteiger partial charge in [0.15, 0.2) is 0 Å². The SMILES string of the molecule is CCNC(CCN(C)C(C)C)C(=O)OCC. The van der Waals surface area contributed by atoms with Gasteiger partial charge in [0.25, 0.3) is 0 Å². The van der Waals surface area contributed by atoms with E-state index in [2.05, 4.69) is 31.1 Å². The summed E-state index contributed by atoms with van der Waals surface area (Å²) in [6.45, 7) is 10.3. The van der Waals surface area contributed by atoms with Crippen molar-refractivity contribution in [1.82, 2.24) is 10.2 Å². The van der Waals surface area contributed by atoms with Crippen LogP contribution < -0.4 is 5.32 Å². The Morgan fingerprint density at radius 1 is 1.38 bits per heavy atom. The van der Waals surface area contributed by atoms with Crippen molar-refractivity contribution in [3.8, 4) is 0 Å². The van der Waals surface area contributed by atoms with Crippen molar-refractivity contribution in [3.05, 3.63) is 0 Å². The minimum absolute atomic E-state index is 0.137. The fraction of sp³-hybridized carbons (Fsp3) is 0.917. The third-order valence-electron chi connectivity index (χ3n) is 2.67. The summed E-state index contributed by atoms with van der Waals surface area (Å²) in [6, 6.07) is 0.329. The molecular weight excluding hydrogens is 204 g/mol. The average molecular weight is 230 g/mol. The first kappa shape index (κ1) is 15.4. The first-order valence-electron chi connectivity index (χ1n) is 6.13. The molecule has 0 aromatic rings. The maximum Gasteiger partial charge on any atom is 0.323 e. The van der Waals surface area contributed by atoms with Crippen LogP contribution in [0.25, 0.3) is 0 Å². The van der Waals surface area contributed by atoms with Crippen molar-refractivity contribution in [2.75, 3.05) is 26.7 Å². The minimum atomic E-state index is -0.175. The van der Waals surface area contributed by atoms with Gasteiger partial charge in [-0.2, -0.15) is 0 Å². The number of rotatable bonds is 8. The fourth-order valence-electron chi connectivity index (χ4n) is 1.38. The van der Waals surface area contributed by atoms with E-state index in [1.165, 1.54) is 0 Å². The monoisotopic (exact) mass is 230 g/mol. The summed E-state index contributed by atoms with van der Waals surface area (Å²) >= 11 is 0. The lowest BCUT2D eigenvalue weighted by Crippen LogP contribution is -2.41. The highest BCUT2D eigenvalue weighted by Crippen LogP contribution is 2.01. The lowest BCUT2D eigenvalue weighted by molar-refractivity contribution is -0.145. The molecule has 0 radical (unpaired) electrons. The zero-order valence-electron chi connectivity index (χ0n) is 11.2. The Balaban J connectivity index is 4.07. The molecule has 0 bridgehead atoms. The molecule has 1 unspecified atom stereocenters. The van der Waals surface area contributed by atoms with Gasteiger partial charge in [-0.1, -0.05) is 6.92 Å². The van der Waals surface area contributed by atoms with E-state index in [-0.39, 0.29) is 12.0 Å². The molecule has 1 N–H and O–H groups in total. The van der Waals surface area contributed by atoms with E-state index in [9.17, 15) is 4.79 Å². The molecule has 0 aliphatic rings. The largest absolute Gasteiger partial charge is 0.465 e. The van der Waals surface area contributed by atoms with E-state index < -0.39 is 0 Å². The lowest BCUT2D eigenvalue weighted by Gasteiger charge is -2.23. The smallest absolute Gasteiger partial charge is 0.323 e. The Bertz CT molecular complexity index is 195. The van der Waals surface area contributed by atoms with Crippen LogP contribution in [0.15, 0.2) is 0 Å². The molecular formula is C12H26N2O2. The quantitative estimate of drug-likeness (QED) is 0.637. The third kappa shape index (κ3) is 6.08. The molecule has 16 heavy (non-hydrogen) atoms. The van der Waals surface area contributed by atoms with Gasteiger partial charge in [0.1, 0.15) is 6.04 Å². The van der Waals surface area contributed by atoms with Crippen LogP contribution in [-0.4, -0.2) is 49.7 Å². The van der Waals surface area contributed by atoms with Gasteiger partial charge < -0.3 is 15.0 Å². The van der Waals surface area contributed by atoms with Crippen molar-refractivity contribution in [1.29, 1.82) is 0 Å². The number of carbonyl (C=O) groups is 1. The topological polar surface area (TPSA) is 41.6 Å². The van der Waals surface area contributed by atoms with Gasteiger partial charge in [0, 0.05) is 12.6 Å². The number of nitrogens with zero attached hydrogens (tertiary/aromatic N) is 1. The Hall–Kier alpha value is -0.610.